The maximum Gasteiger partial charge on any atom is 0.312 e. The molecule has 1 heterocycles. The van der Waals surface area contributed by atoms with E-state index in [0.29, 0.717) is 12.0 Å². The highest BCUT2D eigenvalue weighted by molar-refractivity contribution is 5.78. The zero-order valence-corrected chi connectivity index (χ0v) is 17.6. The van der Waals surface area contributed by atoms with Crippen LogP contribution in [0.5, 0.6) is 0 Å². The number of rotatable bonds is 11. The summed E-state index contributed by atoms with van der Waals surface area (Å²) in [6.45, 7) is 12.7. The Morgan fingerprint density at radius 3 is 2.54 bits per heavy atom. The van der Waals surface area contributed by atoms with Gasteiger partial charge in [-0.15, -0.1) is 13.2 Å². The van der Waals surface area contributed by atoms with E-state index in [1.54, 1.807) is 13.0 Å². The summed E-state index contributed by atoms with van der Waals surface area (Å²) in [5, 5.41) is 21.6. The van der Waals surface area contributed by atoms with Crippen molar-refractivity contribution in [2.75, 3.05) is 27.6 Å². The van der Waals surface area contributed by atoms with E-state index >= 15 is 0 Å². The van der Waals surface area contributed by atoms with Gasteiger partial charge in [0.05, 0.1) is 12.5 Å². The summed E-state index contributed by atoms with van der Waals surface area (Å²) in [7, 11) is 3.01. The van der Waals surface area contributed by atoms with Crippen molar-refractivity contribution in [3.63, 3.8) is 0 Å². The number of esters is 1. The highest BCUT2D eigenvalue weighted by Crippen LogP contribution is 2.68. The van der Waals surface area contributed by atoms with Crippen molar-refractivity contribution >= 4 is 5.97 Å². The molecule has 160 valence electrons. The Hall–Kier alpha value is -1.25. The molecule has 7 heteroatoms. The van der Waals surface area contributed by atoms with Gasteiger partial charge < -0.3 is 29.2 Å². The normalized spacial score (nSPS) is 32.5. The average molecular weight is 398 g/mol. The molecule has 1 saturated carbocycles. The Bertz CT molecular complexity index is 616. The van der Waals surface area contributed by atoms with Gasteiger partial charge >= 0.3 is 5.97 Å². The van der Waals surface area contributed by atoms with E-state index < -0.39 is 47.3 Å². The lowest BCUT2D eigenvalue weighted by Crippen LogP contribution is -2.74. The zero-order valence-electron chi connectivity index (χ0n) is 17.6. The second-order valence-electron chi connectivity index (χ2n) is 8.67. The molecule has 0 aromatic carbocycles. The molecule has 0 aromatic rings. The Kier molecular flexibility index (Phi) is 6.78. The summed E-state index contributed by atoms with van der Waals surface area (Å²) in [6.07, 6.45) is 1.08. The molecule has 0 spiro atoms. The first-order valence-electron chi connectivity index (χ1n) is 9.51. The van der Waals surface area contributed by atoms with Gasteiger partial charge in [-0.2, -0.15) is 0 Å². The molecule has 2 N–H and O–H groups in total. The Balaban J connectivity index is 2.50. The molecular formula is C21H34O7. The molecule has 0 amide bonds. The number of hydrogen-bond acceptors (Lipinski definition) is 7. The smallest absolute Gasteiger partial charge is 0.312 e. The summed E-state index contributed by atoms with van der Waals surface area (Å²) < 4.78 is 22.2. The summed E-state index contributed by atoms with van der Waals surface area (Å²) in [5.74, 6) is -1.52. The van der Waals surface area contributed by atoms with Crippen LogP contribution in [-0.4, -0.2) is 67.2 Å². The maximum atomic E-state index is 13.1. The summed E-state index contributed by atoms with van der Waals surface area (Å²) >= 11 is 0. The monoisotopic (exact) mass is 398 g/mol. The minimum Gasteiger partial charge on any atom is -0.455 e. The summed E-state index contributed by atoms with van der Waals surface area (Å²) in [5.41, 5.74) is -2.72. The van der Waals surface area contributed by atoms with Crippen LogP contribution < -0.4 is 0 Å². The van der Waals surface area contributed by atoms with Gasteiger partial charge in [0, 0.05) is 32.0 Å². The Labute approximate surface area is 167 Å². The highest BCUT2D eigenvalue weighted by atomic mass is 16.7. The van der Waals surface area contributed by atoms with Crippen LogP contribution in [0.25, 0.3) is 0 Å². The fraction of sp³-hybridized carbons (Fsp3) is 0.762. The molecule has 2 fully saturated rings. The van der Waals surface area contributed by atoms with Crippen molar-refractivity contribution in [3.05, 3.63) is 24.8 Å². The van der Waals surface area contributed by atoms with Crippen LogP contribution in [0.2, 0.25) is 0 Å². The number of fused-ring (bicyclic) bond motifs is 1. The van der Waals surface area contributed by atoms with Crippen LogP contribution in [0.15, 0.2) is 24.8 Å². The lowest BCUT2D eigenvalue weighted by atomic mass is 9.44. The van der Waals surface area contributed by atoms with Crippen LogP contribution in [0.3, 0.4) is 0 Å². The van der Waals surface area contributed by atoms with Crippen molar-refractivity contribution < 1.29 is 34.0 Å². The first-order valence-corrected chi connectivity index (χ1v) is 9.51. The predicted molar refractivity (Wildman–Crippen MR) is 103 cm³/mol. The van der Waals surface area contributed by atoms with E-state index in [1.165, 1.54) is 14.2 Å². The maximum absolute atomic E-state index is 13.1. The van der Waals surface area contributed by atoms with Crippen molar-refractivity contribution in [2.24, 2.45) is 17.3 Å². The summed E-state index contributed by atoms with van der Waals surface area (Å²) in [4.78, 5) is 13.1. The van der Waals surface area contributed by atoms with Crippen molar-refractivity contribution in [1.29, 1.82) is 0 Å². The zero-order chi connectivity index (χ0) is 21.3. The van der Waals surface area contributed by atoms with Gasteiger partial charge in [0.25, 0.3) is 0 Å². The van der Waals surface area contributed by atoms with Gasteiger partial charge in [0.15, 0.2) is 5.60 Å². The second-order valence-corrected chi connectivity index (χ2v) is 8.67. The predicted octanol–water partition coefficient (Wildman–Crippen LogP) is 1.82. The standard InChI is InChI=1S/C21H34O7/c1-8-15(26-7)17(27-12-25-6)16-14-10-19(4,5)21(14,28-18(16)23)20(24,11-22)9-13(2)3/h8,14-17,22,24H,1-2,9-12H2,3-7H3/t14-,15-,16+,17+,20?,21+/m0/s1. The van der Waals surface area contributed by atoms with Crippen molar-refractivity contribution in [1.82, 2.24) is 0 Å². The first-order chi connectivity index (χ1) is 13.0. The van der Waals surface area contributed by atoms with Crippen LogP contribution in [-0.2, 0) is 23.7 Å². The van der Waals surface area contributed by atoms with Crippen LogP contribution >= 0.6 is 0 Å². The second kappa shape index (κ2) is 8.24. The number of carbonyl (C=O) groups is 1. The lowest BCUT2D eigenvalue weighted by molar-refractivity contribution is -0.290. The molecular weight excluding hydrogens is 364 g/mol. The summed E-state index contributed by atoms with van der Waals surface area (Å²) in [6, 6.07) is 0. The Morgan fingerprint density at radius 2 is 2.11 bits per heavy atom. The first kappa shape index (κ1) is 23.0. The molecule has 2 rings (SSSR count). The minimum absolute atomic E-state index is 0.0265. The van der Waals surface area contributed by atoms with E-state index in [-0.39, 0.29) is 19.1 Å². The quantitative estimate of drug-likeness (QED) is 0.311. The number of ether oxygens (including phenoxy) is 4. The molecule has 0 aromatic heterocycles. The largest absolute Gasteiger partial charge is 0.455 e. The molecule has 28 heavy (non-hydrogen) atoms. The molecule has 1 aliphatic carbocycles. The third kappa shape index (κ3) is 3.33. The molecule has 0 radical (unpaired) electrons. The third-order valence-corrected chi connectivity index (χ3v) is 6.33. The van der Waals surface area contributed by atoms with Gasteiger partial charge in [-0.25, -0.2) is 0 Å². The molecule has 2 aliphatic rings. The number of hydrogen-bond donors (Lipinski definition) is 2. The number of carbonyl (C=O) groups excluding carboxylic acids is 1. The molecule has 1 unspecified atom stereocenters. The molecule has 7 nitrogen and oxygen atoms in total. The topological polar surface area (TPSA) is 94.5 Å². The van der Waals surface area contributed by atoms with Crippen LogP contribution in [0.4, 0.5) is 0 Å². The van der Waals surface area contributed by atoms with E-state index in [2.05, 4.69) is 13.2 Å². The minimum atomic E-state index is -1.64. The fourth-order valence-corrected chi connectivity index (χ4v) is 5.35. The lowest BCUT2D eigenvalue weighted by Gasteiger charge is -2.63. The van der Waals surface area contributed by atoms with Crippen molar-refractivity contribution in [2.45, 2.75) is 57.0 Å². The number of aliphatic hydroxyl groups is 2. The molecule has 0 bridgehead atoms. The number of aliphatic hydroxyl groups excluding tert-OH is 1. The van der Waals surface area contributed by atoms with Gasteiger partial charge in [-0.1, -0.05) is 25.5 Å². The SMILES string of the molecule is C=C[C@H](OC)[C@@H](OCOC)[C@@H]1C(=O)O[C@]2(C(O)(CO)CC(=C)C)[C@H]1CC2(C)C. The third-order valence-electron chi connectivity index (χ3n) is 6.33. The van der Waals surface area contributed by atoms with Gasteiger partial charge in [0.1, 0.15) is 24.6 Å². The van der Waals surface area contributed by atoms with E-state index in [0.717, 1.165) is 0 Å². The van der Waals surface area contributed by atoms with Gasteiger partial charge in [0.2, 0.25) is 0 Å². The number of methoxy groups -OCH3 is 2. The average Bonchev–Trinajstić information content (AvgIpc) is 2.88. The van der Waals surface area contributed by atoms with Crippen LogP contribution in [0.1, 0.15) is 33.6 Å². The molecule has 6 atom stereocenters. The van der Waals surface area contributed by atoms with E-state index in [1.807, 2.05) is 13.8 Å². The van der Waals surface area contributed by atoms with E-state index in [9.17, 15) is 15.0 Å². The van der Waals surface area contributed by atoms with Crippen LogP contribution in [0, 0.1) is 17.3 Å². The fourth-order valence-electron chi connectivity index (χ4n) is 5.35. The van der Waals surface area contributed by atoms with Crippen molar-refractivity contribution in [3.8, 4) is 0 Å². The Morgan fingerprint density at radius 1 is 1.46 bits per heavy atom. The van der Waals surface area contributed by atoms with Gasteiger partial charge in [-0.3, -0.25) is 4.79 Å². The van der Waals surface area contributed by atoms with Gasteiger partial charge in [-0.05, 0) is 13.3 Å². The molecule has 1 saturated heterocycles. The van der Waals surface area contributed by atoms with E-state index in [4.69, 9.17) is 18.9 Å². The molecule has 1 aliphatic heterocycles. The highest BCUT2D eigenvalue weighted by Gasteiger charge is 2.79.